The van der Waals surface area contributed by atoms with Crippen molar-refractivity contribution in [1.82, 2.24) is 14.7 Å². The molecule has 29 heavy (non-hydrogen) atoms. The highest BCUT2D eigenvalue weighted by Gasteiger charge is 2.52. The second kappa shape index (κ2) is 8.55. The van der Waals surface area contributed by atoms with Crippen LogP contribution in [0.25, 0.3) is 0 Å². The van der Waals surface area contributed by atoms with Crippen molar-refractivity contribution in [1.29, 1.82) is 0 Å². The molecule has 1 aliphatic carbocycles. The van der Waals surface area contributed by atoms with Crippen molar-refractivity contribution in [2.45, 2.75) is 59.0 Å². The molecular formula is C24H37N3O2. The van der Waals surface area contributed by atoms with Crippen LogP contribution in [0.15, 0.2) is 24.3 Å². The lowest BCUT2D eigenvalue weighted by atomic mass is 9.97. The second-order valence-electron chi connectivity index (χ2n) is 9.78. The molecule has 1 spiro atoms. The van der Waals surface area contributed by atoms with E-state index in [1.165, 1.54) is 18.4 Å². The molecule has 5 heteroatoms. The third kappa shape index (κ3) is 4.88. The Kier molecular flexibility index (Phi) is 6.05. The molecule has 0 N–H and O–H groups in total. The van der Waals surface area contributed by atoms with Crippen LogP contribution < -0.4 is 4.74 Å². The zero-order chi connectivity index (χ0) is 20.4. The van der Waals surface area contributed by atoms with E-state index in [2.05, 4.69) is 47.6 Å². The summed E-state index contributed by atoms with van der Waals surface area (Å²) in [5, 5.41) is 0. The summed E-state index contributed by atoms with van der Waals surface area (Å²) in [7, 11) is 0. The van der Waals surface area contributed by atoms with Gasteiger partial charge in [0.05, 0.1) is 6.61 Å². The number of carbonyl (C=O) groups excluding carboxylic acids is 1. The first-order chi connectivity index (χ1) is 14.0. The number of rotatable bonds is 7. The van der Waals surface area contributed by atoms with Crippen molar-refractivity contribution in [3.05, 3.63) is 29.8 Å². The minimum absolute atomic E-state index is 0.248. The van der Waals surface area contributed by atoms with Crippen molar-refractivity contribution in [2.75, 3.05) is 39.3 Å². The molecule has 0 aromatic heterocycles. The molecule has 5 nitrogen and oxygen atoms in total. The van der Waals surface area contributed by atoms with Crippen molar-refractivity contribution < 1.29 is 9.53 Å². The van der Waals surface area contributed by atoms with Crippen molar-refractivity contribution in [3.63, 3.8) is 0 Å². The molecule has 3 fully saturated rings. The van der Waals surface area contributed by atoms with E-state index >= 15 is 0 Å². The Labute approximate surface area is 176 Å². The van der Waals surface area contributed by atoms with Gasteiger partial charge in [0.15, 0.2) is 0 Å². The fourth-order valence-corrected chi connectivity index (χ4v) is 4.76. The monoisotopic (exact) mass is 399 g/mol. The van der Waals surface area contributed by atoms with Gasteiger partial charge in [-0.2, -0.15) is 0 Å². The molecule has 1 aromatic rings. The van der Waals surface area contributed by atoms with Gasteiger partial charge in [-0.25, -0.2) is 4.79 Å². The molecule has 2 saturated heterocycles. The number of ether oxygens (including phenoxy) is 1. The van der Waals surface area contributed by atoms with Gasteiger partial charge in [-0.1, -0.05) is 32.9 Å². The third-order valence-corrected chi connectivity index (χ3v) is 6.83. The summed E-state index contributed by atoms with van der Waals surface area (Å²) >= 11 is 0. The Morgan fingerprint density at radius 1 is 1.10 bits per heavy atom. The van der Waals surface area contributed by atoms with Gasteiger partial charge in [0.2, 0.25) is 0 Å². The van der Waals surface area contributed by atoms with Gasteiger partial charge < -0.3 is 19.4 Å². The van der Waals surface area contributed by atoms with Crippen LogP contribution in [0.1, 0.15) is 52.0 Å². The summed E-state index contributed by atoms with van der Waals surface area (Å²) in [6.45, 7) is 13.2. The van der Waals surface area contributed by atoms with Crippen molar-refractivity contribution >= 4 is 6.03 Å². The molecule has 1 aromatic carbocycles. The van der Waals surface area contributed by atoms with E-state index in [0.29, 0.717) is 23.9 Å². The third-order valence-electron chi connectivity index (χ3n) is 6.83. The fraction of sp³-hybridized carbons (Fsp3) is 0.708. The Morgan fingerprint density at radius 3 is 2.38 bits per heavy atom. The normalized spacial score (nSPS) is 22.6. The zero-order valence-corrected chi connectivity index (χ0v) is 18.4. The minimum atomic E-state index is 0.248. The molecule has 0 bridgehead atoms. The summed E-state index contributed by atoms with van der Waals surface area (Å²) in [4.78, 5) is 20.2. The predicted octanol–water partition coefficient (Wildman–Crippen LogP) is 4.22. The van der Waals surface area contributed by atoms with Gasteiger partial charge in [0.1, 0.15) is 5.75 Å². The van der Waals surface area contributed by atoms with E-state index in [1.54, 1.807) is 0 Å². The molecule has 1 saturated carbocycles. The van der Waals surface area contributed by atoms with Crippen LogP contribution in [0.4, 0.5) is 4.79 Å². The molecular weight excluding hydrogens is 362 g/mol. The molecule has 160 valence electrons. The highest BCUT2D eigenvalue weighted by atomic mass is 16.5. The van der Waals surface area contributed by atoms with Gasteiger partial charge in [-0.05, 0) is 55.8 Å². The van der Waals surface area contributed by atoms with Crippen molar-refractivity contribution in [3.8, 4) is 5.75 Å². The summed E-state index contributed by atoms with van der Waals surface area (Å²) < 4.78 is 5.80. The standard InChI is InChI=1S/C24H37N3O2/c1-4-25-13-9-21(10-14-25)27-18-24(11-12-24)17-26(23(27)28)15-20-5-7-22(8-6-20)29-16-19(2)3/h5-8,19,21H,4,9-18H2,1-3H3. The number of nitrogens with zero attached hydrogens (tertiary/aromatic N) is 3. The minimum Gasteiger partial charge on any atom is -0.493 e. The van der Waals surface area contributed by atoms with E-state index < -0.39 is 0 Å². The smallest absolute Gasteiger partial charge is 0.320 e. The Morgan fingerprint density at radius 2 is 1.79 bits per heavy atom. The van der Waals surface area contributed by atoms with Gasteiger partial charge in [-0.15, -0.1) is 0 Å². The van der Waals surface area contributed by atoms with Crippen LogP contribution in [0.3, 0.4) is 0 Å². The number of piperidine rings is 1. The Balaban J connectivity index is 1.40. The lowest BCUT2D eigenvalue weighted by Crippen LogP contribution is -2.59. The predicted molar refractivity (Wildman–Crippen MR) is 116 cm³/mol. The Bertz CT molecular complexity index is 691. The fourth-order valence-electron chi connectivity index (χ4n) is 4.76. The van der Waals surface area contributed by atoms with Crippen LogP contribution in [0, 0.1) is 11.3 Å². The molecule has 2 aliphatic heterocycles. The highest BCUT2D eigenvalue weighted by molar-refractivity contribution is 5.76. The van der Waals surface area contributed by atoms with Gasteiger partial charge >= 0.3 is 6.03 Å². The van der Waals surface area contributed by atoms with Gasteiger partial charge in [0.25, 0.3) is 0 Å². The van der Waals surface area contributed by atoms with Crippen LogP contribution in [0.2, 0.25) is 0 Å². The zero-order valence-electron chi connectivity index (χ0n) is 18.4. The molecule has 0 radical (unpaired) electrons. The second-order valence-corrected chi connectivity index (χ2v) is 9.78. The molecule has 2 heterocycles. The Hall–Kier alpha value is -1.75. The van der Waals surface area contributed by atoms with Crippen molar-refractivity contribution in [2.24, 2.45) is 11.3 Å². The topological polar surface area (TPSA) is 36.0 Å². The average Bonchev–Trinajstić information content (AvgIpc) is 3.49. The lowest BCUT2D eigenvalue weighted by molar-refractivity contribution is 0.0496. The first kappa shape index (κ1) is 20.5. The van der Waals surface area contributed by atoms with Crippen LogP contribution in [0.5, 0.6) is 5.75 Å². The number of benzene rings is 1. The van der Waals surface area contributed by atoms with Gasteiger partial charge in [0, 0.05) is 44.2 Å². The quantitative estimate of drug-likeness (QED) is 0.689. The molecule has 4 rings (SSSR count). The maximum Gasteiger partial charge on any atom is 0.320 e. The first-order valence-corrected chi connectivity index (χ1v) is 11.5. The molecule has 3 aliphatic rings. The summed E-state index contributed by atoms with van der Waals surface area (Å²) in [5.74, 6) is 1.43. The van der Waals surface area contributed by atoms with E-state index in [-0.39, 0.29) is 6.03 Å². The first-order valence-electron chi connectivity index (χ1n) is 11.5. The van der Waals surface area contributed by atoms with E-state index in [4.69, 9.17) is 4.74 Å². The van der Waals surface area contributed by atoms with E-state index in [0.717, 1.165) is 57.9 Å². The van der Waals surface area contributed by atoms with E-state index in [9.17, 15) is 4.79 Å². The van der Waals surface area contributed by atoms with Crippen LogP contribution >= 0.6 is 0 Å². The number of hydrogen-bond donors (Lipinski definition) is 0. The van der Waals surface area contributed by atoms with Crippen LogP contribution in [-0.2, 0) is 6.54 Å². The average molecular weight is 400 g/mol. The number of hydrogen-bond acceptors (Lipinski definition) is 3. The summed E-state index contributed by atoms with van der Waals surface area (Å²) in [6.07, 6.45) is 4.77. The van der Waals surface area contributed by atoms with Gasteiger partial charge in [-0.3, -0.25) is 0 Å². The van der Waals surface area contributed by atoms with E-state index in [1.807, 2.05) is 12.1 Å². The SMILES string of the molecule is CCN1CCC(N2CC3(CC3)CN(Cc3ccc(OCC(C)C)cc3)C2=O)CC1. The molecule has 0 unspecified atom stereocenters. The number of urea groups is 1. The lowest BCUT2D eigenvalue weighted by Gasteiger charge is -2.46. The highest BCUT2D eigenvalue weighted by Crippen LogP contribution is 2.50. The maximum absolute atomic E-state index is 13.4. The number of likely N-dealkylation sites (tertiary alicyclic amines) is 1. The maximum atomic E-state index is 13.4. The summed E-state index contributed by atoms with van der Waals surface area (Å²) in [5.41, 5.74) is 1.55. The summed E-state index contributed by atoms with van der Waals surface area (Å²) in [6, 6.07) is 8.96. The molecule has 2 amide bonds. The number of amides is 2. The largest absolute Gasteiger partial charge is 0.493 e. The number of carbonyl (C=O) groups is 1. The molecule has 0 atom stereocenters. The van der Waals surface area contributed by atoms with Crippen LogP contribution in [-0.4, -0.2) is 66.1 Å².